The van der Waals surface area contributed by atoms with Gasteiger partial charge in [-0.3, -0.25) is 9.79 Å². The van der Waals surface area contributed by atoms with Gasteiger partial charge in [-0.05, 0) is 25.0 Å². The van der Waals surface area contributed by atoms with Crippen LogP contribution in [0.4, 0.5) is 5.88 Å². The Labute approximate surface area is 156 Å². The van der Waals surface area contributed by atoms with E-state index >= 15 is 0 Å². The van der Waals surface area contributed by atoms with Crippen LogP contribution in [-0.2, 0) is 6.54 Å². The molecule has 0 spiro atoms. The van der Waals surface area contributed by atoms with Gasteiger partial charge in [0.2, 0.25) is 5.88 Å². The van der Waals surface area contributed by atoms with E-state index in [-0.39, 0.29) is 11.9 Å². The smallest absolute Gasteiger partial charge is 0.255 e. The Morgan fingerprint density at radius 3 is 3.00 bits per heavy atom. The van der Waals surface area contributed by atoms with Crippen LogP contribution >= 0.6 is 11.6 Å². The molecule has 1 unspecified atom stereocenters. The molecule has 26 heavy (non-hydrogen) atoms. The van der Waals surface area contributed by atoms with Gasteiger partial charge in [-0.25, -0.2) is 4.99 Å². The Kier molecular flexibility index (Phi) is 4.28. The van der Waals surface area contributed by atoms with Crippen LogP contribution in [0.3, 0.4) is 0 Å². The average Bonchev–Trinajstić information content (AvgIpc) is 3.20. The fourth-order valence-corrected chi connectivity index (χ4v) is 3.46. The summed E-state index contributed by atoms with van der Waals surface area (Å²) in [7, 11) is 0. The van der Waals surface area contributed by atoms with Crippen molar-refractivity contribution in [1.29, 1.82) is 0 Å². The van der Waals surface area contributed by atoms with Crippen molar-refractivity contribution < 1.29 is 9.21 Å². The molecule has 0 saturated heterocycles. The first-order chi connectivity index (χ1) is 12.6. The molecule has 0 bridgehead atoms. The van der Waals surface area contributed by atoms with Crippen LogP contribution in [0.1, 0.15) is 40.6 Å². The summed E-state index contributed by atoms with van der Waals surface area (Å²) in [5, 5.41) is 3.55. The number of amidine groups is 1. The Hall–Kier alpha value is -2.60. The number of hydrogen-bond acceptors (Lipinski definition) is 5. The van der Waals surface area contributed by atoms with Crippen molar-refractivity contribution in [2.24, 2.45) is 9.98 Å². The van der Waals surface area contributed by atoms with Crippen molar-refractivity contribution in [1.82, 2.24) is 10.2 Å². The summed E-state index contributed by atoms with van der Waals surface area (Å²) in [5.74, 6) is 1.53. The van der Waals surface area contributed by atoms with Crippen LogP contribution in [0.5, 0.6) is 0 Å². The molecule has 1 atom stereocenters. The highest BCUT2D eigenvalue weighted by atomic mass is 35.5. The lowest BCUT2D eigenvalue weighted by Crippen LogP contribution is -2.32. The minimum Gasteiger partial charge on any atom is -0.442 e. The fraction of sp³-hybridized carbons (Fsp3) is 0.316. The minimum absolute atomic E-state index is 0.205. The van der Waals surface area contributed by atoms with Gasteiger partial charge in [0.05, 0.1) is 17.2 Å². The first-order valence-electron chi connectivity index (χ1n) is 8.62. The molecule has 3 heterocycles. The fourth-order valence-electron chi connectivity index (χ4n) is 3.26. The normalized spacial score (nSPS) is 17.7. The monoisotopic (exact) mass is 370 g/mol. The van der Waals surface area contributed by atoms with Crippen molar-refractivity contribution in [2.75, 3.05) is 6.54 Å². The standard InChI is InChI=1S/C19H19ClN4O2/c1-3-13-9-24-10-22-19-16(17(24)23-13)15(11(2)26-19)18(25)21-8-12-6-4-5-7-14(12)20/h4-7,10,13H,3,8-9H2,1-2H3,(H,21,25). The summed E-state index contributed by atoms with van der Waals surface area (Å²) in [6.45, 7) is 4.99. The lowest BCUT2D eigenvalue weighted by atomic mass is 10.1. The highest BCUT2D eigenvalue weighted by Crippen LogP contribution is 2.35. The van der Waals surface area contributed by atoms with Gasteiger partial charge in [-0.2, -0.15) is 0 Å². The van der Waals surface area contributed by atoms with E-state index < -0.39 is 0 Å². The van der Waals surface area contributed by atoms with Crippen LogP contribution in [-0.4, -0.2) is 35.6 Å². The summed E-state index contributed by atoms with van der Waals surface area (Å²) in [5.41, 5.74) is 2.03. The quantitative estimate of drug-likeness (QED) is 0.892. The second-order valence-electron chi connectivity index (χ2n) is 6.40. The number of aryl methyl sites for hydroxylation is 1. The molecule has 0 fully saturated rings. The predicted octanol–water partition coefficient (Wildman–Crippen LogP) is 3.69. The highest BCUT2D eigenvalue weighted by Gasteiger charge is 2.35. The Bertz CT molecular complexity index is 932. The molecule has 0 aliphatic carbocycles. The van der Waals surface area contributed by atoms with E-state index in [2.05, 4.69) is 17.2 Å². The van der Waals surface area contributed by atoms with Gasteiger partial charge in [0, 0.05) is 18.1 Å². The van der Waals surface area contributed by atoms with Crippen LogP contribution in [0.15, 0.2) is 38.7 Å². The van der Waals surface area contributed by atoms with Crippen LogP contribution in [0.25, 0.3) is 0 Å². The zero-order valence-electron chi connectivity index (χ0n) is 14.6. The molecule has 1 aromatic carbocycles. The van der Waals surface area contributed by atoms with Gasteiger partial charge in [0.1, 0.15) is 17.9 Å². The molecule has 1 amide bonds. The summed E-state index contributed by atoms with van der Waals surface area (Å²) in [6, 6.07) is 7.65. The maximum absolute atomic E-state index is 12.9. The zero-order valence-corrected chi connectivity index (χ0v) is 15.4. The van der Waals surface area contributed by atoms with Crippen LogP contribution < -0.4 is 5.32 Å². The third-order valence-corrected chi connectivity index (χ3v) is 5.05. The summed E-state index contributed by atoms with van der Waals surface area (Å²) >= 11 is 6.17. The molecule has 1 aromatic heterocycles. The SMILES string of the molecule is CCC1CN2C=Nc3oc(C)c(C(=O)NCc4ccccc4Cl)c3C2=N1. The van der Waals surface area contributed by atoms with Gasteiger partial charge in [-0.1, -0.05) is 36.7 Å². The second kappa shape index (κ2) is 6.61. The molecule has 2 aromatic rings. The second-order valence-corrected chi connectivity index (χ2v) is 6.81. The maximum atomic E-state index is 12.9. The number of hydrogen-bond donors (Lipinski definition) is 1. The van der Waals surface area contributed by atoms with Crippen LogP contribution in [0.2, 0.25) is 5.02 Å². The first kappa shape index (κ1) is 16.8. The number of nitrogens with zero attached hydrogens (tertiary/aromatic N) is 3. The number of halogens is 1. The van der Waals surface area contributed by atoms with E-state index in [0.717, 1.165) is 24.4 Å². The molecule has 6 nitrogen and oxygen atoms in total. The number of aliphatic imine (C=N–C) groups is 2. The highest BCUT2D eigenvalue weighted by molar-refractivity contribution is 6.31. The van der Waals surface area contributed by atoms with Crippen molar-refractivity contribution >= 4 is 35.6 Å². The van der Waals surface area contributed by atoms with E-state index in [9.17, 15) is 4.79 Å². The molecular formula is C19H19ClN4O2. The largest absolute Gasteiger partial charge is 0.442 e. The van der Waals surface area contributed by atoms with Gasteiger partial charge in [0.15, 0.2) is 0 Å². The number of fused-ring (bicyclic) bond motifs is 3. The molecule has 0 saturated carbocycles. The zero-order chi connectivity index (χ0) is 18.3. The molecule has 7 heteroatoms. The summed E-state index contributed by atoms with van der Waals surface area (Å²) in [6.07, 6.45) is 2.67. The summed E-state index contributed by atoms with van der Waals surface area (Å²) in [4.78, 5) is 24.0. The molecule has 2 aliphatic heterocycles. The van der Waals surface area contributed by atoms with Crippen molar-refractivity contribution in [3.05, 3.63) is 51.7 Å². The predicted molar refractivity (Wildman–Crippen MR) is 102 cm³/mol. The molecule has 2 aliphatic rings. The number of furan rings is 1. The molecular weight excluding hydrogens is 352 g/mol. The molecule has 0 radical (unpaired) electrons. The first-order valence-corrected chi connectivity index (χ1v) is 9.00. The van der Waals surface area contributed by atoms with Crippen LogP contribution in [0, 0.1) is 6.92 Å². The van der Waals surface area contributed by atoms with E-state index in [4.69, 9.17) is 21.0 Å². The number of carbonyl (C=O) groups is 1. The third-order valence-electron chi connectivity index (χ3n) is 4.68. The van der Waals surface area contributed by atoms with Gasteiger partial charge in [0.25, 0.3) is 5.91 Å². The average molecular weight is 371 g/mol. The van der Waals surface area contributed by atoms with Gasteiger partial charge >= 0.3 is 0 Å². The summed E-state index contributed by atoms with van der Waals surface area (Å²) < 4.78 is 5.72. The third kappa shape index (κ3) is 2.80. The van der Waals surface area contributed by atoms with Crippen molar-refractivity contribution in [2.45, 2.75) is 32.9 Å². The number of rotatable bonds is 4. The van der Waals surface area contributed by atoms with E-state index in [1.54, 1.807) is 19.3 Å². The number of amides is 1. The van der Waals surface area contributed by atoms with Crippen molar-refractivity contribution in [3.8, 4) is 0 Å². The van der Waals surface area contributed by atoms with Gasteiger partial charge < -0.3 is 14.6 Å². The molecule has 1 N–H and O–H groups in total. The number of nitrogens with one attached hydrogen (secondary N) is 1. The van der Waals surface area contributed by atoms with Crippen molar-refractivity contribution in [3.63, 3.8) is 0 Å². The Morgan fingerprint density at radius 2 is 2.23 bits per heavy atom. The topological polar surface area (TPSA) is 70.2 Å². The minimum atomic E-state index is -0.216. The van der Waals surface area contributed by atoms with E-state index in [1.807, 2.05) is 23.1 Å². The maximum Gasteiger partial charge on any atom is 0.255 e. The molecule has 134 valence electrons. The molecule has 4 rings (SSSR count). The Morgan fingerprint density at radius 1 is 1.42 bits per heavy atom. The number of carbonyl (C=O) groups excluding carboxylic acids is 1. The van der Waals surface area contributed by atoms with E-state index in [1.165, 1.54) is 0 Å². The Balaban J connectivity index is 1.64. The number of benzene rings is 1. The van der Waals surface area contributed by atoms with Gasteiger partial charge in [-0.15, -0.1) is 0 Å². The van der Waals surface area contributed by atoms with E-state index in [0.29, 0.717) is 34.3 Å². The lowest BCUT2D eigenvalue weighted by molar-refractivity contribution is 0.0949. The lowest BCUT2D eigenvalue weighted by Gasteiger charge is -2.18.